The van der Waals surface area contributed by atoms with E-state index in [1.165, 1.54) is 0 Å². The predicted octanol–water partition coefficient (Wildman–Crippen LogP) is 3.99. The summed E-state index contributed by atoms with van der Waals surface area (Å²) >= 11 is 3.33. The zero-order valence-electron chi connectivity index (χ0n) is 11.1. The van der Waals surface area contributed by atoms with E-state index in [2.05, 4.69) is 33.9 Å². The molecular weight excluding hydrogens is 304 g/mol. The molecule has 2 rings (SSSR count). The lowest BCUT2D eigenvalue weighted by molar-refractivity contribution is 0.0213. The minimum Gasteiger partial charge on any atom is -0.385 e. The second kappa shape index (κ2) is 6.02. The van der Waals surface area contributed by atoms with E-state index in [0.29, 0.717) is 11.6 Å². The fourth-order valence-corrected chi connectivity index (χ4v) is 3.11. The van der Waals surface area contributed by atoms with Gasteiger partial charge in [0.25, 0.3) is 0 Å². The summed E-state index contributed by atoms with van der Waals surface area (Å²) in [4.78, 5) is 4.24. The molecule has 0 bridgehead atoms. The Morgan fingerprint density at radius 1 is 1.53 bits per heavy atom. The monoisotopic (exact) mass is 322 g/mol. The Morgan fingerprint density at radius 3 is 2.68 bits per heavy atom. The molecular formula is C15H19BrN2O. The average Bonchev–Trinajstić information content (AvgIpc) is 2.47. The normalized spacial score (nSPS) is 28.6. The van der Waals surface area contributed by atoms with Crippen LogP contribution >= 0.6 is 15.9 Å². The third kappa shape index (κ3) is 2.98. The van der Waals surface area contributed by atoms with Crippen LogP contribution in [0.25, 0.3) is 0 Å². The summed E-state index contributed by atoms with van der Waals surface area (Å²) < 4.78 is 0.879. The molecule has 1 N–H and O–H groups in total. The van der Waals surface area contributed by atoms with Crippen molar-refractivity contribution < 1.29 is 5.11 Å². The molecule has 1 aliphatic rings. The number of pyridine rings is 1. The van der Waals surface area contributed by atoms with Gasteiger partial charge in [-0.2, -0.15) is 5.26 Å². The van der Waals surface area contributed by atoms with E-state index in [4.69, 9.17) is 0 Å². The highest BCUT2D eigenvalue weighted by atomic mass is 79.9. The van der Waals surface area contributed by atoms with Crippen molar-refractivity contribution in [1.29, 1.82) is 5.26 Å². The van der Waals surface area contributed by atoms with E-state index in [-0.39, 0.29) is 0 Å². The Balaban J connectivity index is 2.18. The number of aliphatic hydroxyl groups is 1. The highest BCUT2D eigenvalue weighted by molar-refractivity contribution is 9.10. The molecule has 1 aliphatic carbocycles. The van der Waals surface area contributed by atoms with Crippen molar-refractivity contribution in [1.82, 2.24) is 4.98 Å². The fraction of sp³-hybridized carbons (Fsp3) is 0.600. The number of nitrogens with zero attached hydrogens (tertiary/aromatic N) is 2. The average molecular weight is 323 g/mol. The SMILES string of the molecule is CCC1CCC(C#N)(C(O)c2ccc(Br)cn2)CC1. The number of aliphatic hydroxyl groups excluding tert-OH is 1. The molecule has 1 fully saturated rings. The van der Waals surface area contributed by atoms with E-state index in [1.54, 1.807) is 12.3 Å². The zero-order chi connectivity index (χ0) is 13.9. The van der Waals surface area contributed by atoms with Gasteiger partial charge < -0.3 is 5.11 Å². The highest BCUT2D eigenvalue weighted by Crippen LogP contribution is 2.47. The highest BCUT2D eigenvalue weighted by Gasteiger charge is 2.42. The van der Waals surface area contributed by atoms with Crippen LogP contribution in [0.3, 0.4) is 0 Å². The Hall–Kier alpha value is -0.920. The van der Waals surface area contributed by atoms with E-state index >= 15 is 0 Å². The third-order valence-corrected chi connectivity index (χ3v) is 4.82. The van der Waals surface area contributed by atoms with E-state index in [9.17, 15) is 10.4 Å². The van der Waals surface area contributed by atoms with Gasteiger partial charge in [0.2, 0.25) is 0 Å². The maximum atomic E-state index is 10.5. The molecule has 0 saturated heterocycles. The van der Waals surface area contributed by atoms with Gasteiger partial charge in [0.1, 0.15) is 6.10 Å². The van der Waals surface area contributed by atoms with Crippen LogP contribution in [-0.2, 0) is 0 Å². The molecule has 0 amide bonds. The number of hydrogen-bond acceptors (Lipinski definition) is 3. The molecule has 102 valence electrons. The topological polar surface area (TPSA) is 56.9 Å². The molecule has 1 atom stereocenters. The summed E-state index contributed by atoms with van der Waals surface area (Å²) in [7, 11) is 0. The van der Waals surface area contributed by atoms with Crippen LogP contribution in [0.15, 0.2) is 22.8 Å². The first kappa shape index (κ1) is 14.5. The molecule has 4 heteroatoms. The van der Waals surface area contributed by atoms with Crippen molar-refractivity contribution in [3.05, 3.63) is 28.5 Å². The van der Waals surface area contributed by atoms with Crippen LogP contribution in [0, 0.1) is 22.7 Å². The van der Waals surface area contributed by atoms with Crippen LogP contribution in [0.2, 0.25) is 0 Å². The Labute approximate surface area is 122 Å². The molecule has 1 aromatic rings. The lowest BCUT2D eigenvalue weighted by atomic mass is 9.67. The molecule has 3 nitrogen and oxygen atoms in total. The molecule has 1 aromatic heterocycles. The van der Waals surface area contributed by atoms with Crippen molar-refractivity contribution >= 4 is 15.9 Å². The van der Waals surface area contributed by atoms with Gasteiger partial charge in [-0.15, -0.1) is 0 Å². The molecule has 1 heterocycles. The van der Waals surface area contributed by atoms with Crippen LogP contribution in [0.4, 0.5) is 0 Å². The second-order valence-electron chi connectivity index (χ2n) is 5.42. The van der Waals surface area contributed by atoms with Gasteiger partial charge in [-0.25, -0.2) is 0 Å². The molecule has 0 radical (unpaired) electrons. The van der Waals surface area contributed by atoms with Crippen LogP contribution < -0.4 is 0 Å². The summed E-state index contributed by atoms with van der Waals surface area (Å²) in [6.45, 7) is 2.19. The zero-order valence-corrected chi connectivity index (χ0v) is 12.7. The molecule has 0 aromatic carbocycles. The van der Waals surface area contributed by atoms with Crippen LogP contribution in [0.5, 0.6) is 0 Å². The number of aromatic nitrogens is 1. The van der Waals surface area contributed by atoms with Gasteiger partial charge in [-0.05, 0) is 59.7 Å². The van der Waals surface area contributed by atoms with E-state index in [0.717, 1.165) is 36.6 Å². The first-order valence-corrected chi connectivity index (χ1v) is 7.61. The molecule has 1 saturated carbocycles. The Kier molecular flexibility index (Phi) is 4.59. The quantitative estimate of drug-likeness (QED) is 0.915. The summed E-state index contributed by atoms with van der Waals surface area (Å²) in [5.41, 5.74) is -0.0633. The third-order valence-electron chi connectivity index (χ3n) is 4.35. The summed E-state index contributed by atoms with van der Waals surface area (Å²) in [5.74, 6) is 0.701. The number of rotatable bonds is 3. The summed E-state index contributed by atoms with van der Waals surface area (Å²) in [6, 6.07) is 6.02. The van der Waals surface area contributed by atoms with E-state index < -0.39 is 11.5 Å². The van der Waals surface area contributed by atoms with Gasteiger partial charge in [-0.3, -0.25) is 4.98 Å². The van der Waals surface area contributed by atoms with Crippen molar-refractivity contribution in [2.45, 2.75) is 45.1 Å². The standard InChI is InChI=1S/C15H19BrN2O/c1-2-11-5-7-15(10-17,8-6-11)14(19)13-4-3-12(16)9-18-13/h3-4,9,11,14,19H,2,5-8H2,1H3. The minimum atomic E-state index is -0.789. The van der Waals surface area contributed by atoms with Crippen molar-refractivity contribution in [3.8, 4) is 6.07 Å². The van der Waals surface area contributed by atoms with Crippen molar-refractivity contribution in [3.63, 3.8) is 0 Å². The van der Waals surface area contributed by atoms with Crippen molar-refractivity contribution in [2.75, 3.05) is 0 Å². The Morgan fingerprint density at radius 2 is 2.21 bits per heavy atom. The maximum Gasteiger partial charge on any atom is 0.114 e. The van der Waals surface area contributed by atoms with Gasteiger partial charge in [0, 0.05) is 10.7 Å². The van der Waals surface area contributed by atoms with Gasteiger partial charge in [0.05, 0.1) is 17.2 Å². The van der Waals surface area contributed by atoms with E-state index in [1.807, 2.05) is 6.07 Å². The van der Waals surface area contributed by atoms with Crippen LogP contribution in [-0.4, -0.2) is 10.1 Å². The lowest BCUT2D eigenvalue weighted by Gasteiger charge is -2.37. The van der Waals surface area contributed by atoms with Gasteiger partial charge >= 0.3 is 0 Å². The van der Waals surface area contributed by atoms with Gasteiger partial charge in [0.15, 0.2) is 0 Å². The lowest BCUT2D eigenvalue weighted by Crippen LogP contribution is -2.32. The van der Waals surface area contributed by atoms with Crippen LogP contribution in [0.1, 0.15) is 50.8 Å². The largest absolute Gasteiger partial charge is 0.385 e. The second-order valence-corrected chi connectivity index (χ2v) is 6.34. The first-order chi connectivity index (χ1) is 9.11. The number of halogens is 1. The molecule has 1 unspecified atom stereocenters. The number of hydrogen-bond donors (Lipinski definition) is 1. The molecule has 0 aliphatic heterocycles. The fourth-order valence-electron chi connectivity index (χ4n) is 2.88. The Bertz CT molecular complexity index is 458. The summed E-state index contributed by atoms with van der Waals surface area (Å²) in [5, 5.41) is 20.1. The number of nitriles is 1. The predicted molar refractivity (Wildman–Crippen MR) is 77.2 cm³/mol. The maximum absolute atomic E-state index is 10.5. The minimum absolute atomic E-state index is 0.597. The van der Waals surface area contributed by atoms with Gasteiger partial charge in [-0.1, -0.05) is 13.3 Å². The molecule has 19 heavy (non-hydrogen) atoms. The smallest absolute Gasteiger partial charge is 0.114 e. The van der Waals surface area contributed by atoms with Crippen molar-refractivity contribution in [2.24, 2.45) is 11.3 Å². The first-order valence-electron chi connectivity index (χ1n) is 6.82. The molecule has 0 spiro atoms. The summed E-state index contributed by atoms with van der Waals surface area (Å²) in [6.07, 6.45) is 5.62.